The molecule has 1 aliphatic rings. The third kappa shape index (κ3) is 2.72. The zero-order valence-corrected chi connectivity index (χ0v) is 16.9. The topological polar surface area (TPSA) is 69.8 Å². The fraction of sp³-hybridized carbons (Fsp3) is 0.222. The van der Waals surface area contributed by atoms with Crippen molar-refractivity contribution in [3.8, 4) is 0 Å². The van der Waals surface area contributed by atoms with Gasteiger partial charge in [-0.1, -0.05) is 29.3 Å². The van der Waals surface area contributed by atoms with Gasteiger partial charge in [-0.2, -0.15) is 5.10 Å². The van der Waals surface area contributed by atoms with E-state index in [4.69, 9.17) is 23.2 Å². The normalized spacial score (nSPS) is 23.3. The van der Waals surface area contributed by atoms with Gasteiger partial charge in [-0.3, -0.25) is 4.68 Å². The molecule has 3 aromatic rings. The summed E-state index contributed by atoms with van der Waals surface area (Å²) in [5.74, 6) is -0.563. The average Bonchev–Trinajstić information content (AvgIpc) is 3.24. The van der Waals surface area contributed by atoms with Crippen molar-refractivity contribution in [3.63, 3.8) is 0 Å². The molecule has 0 bridgehead atoms. The van der Waals surface area contributed by atoms with Crippen LogP contribution in [0.3, 0.4) is 0 Å². The van der Waals surface area contributed by atoms with E-state index in [1.165, 1.54) is 16.2 Å². The predicted octanol–water partition coefficient (Wildman–Crippen LogP) is 3.75. The molecule has 0 spiro atoms. The Kier molecular flexibility index (Phi) is 4.21. The van der Waals surface area contributed by atoms with Gasteiger partial charge >= 0.3 is 0 Å². The van der Waals surface area contributed by atoms with Crippen LogP contribution in [0.25, 0.3) is 11.0 Å². The van der Waals surface area contributed by atoms with E-state index in [1.807, 2.05) is 6.07 Å². The Balaban J connectivity index is 1.95. The van der Waals surface area contributed by atoms with Crippen LogP contribution >= 0.6 is 23.2 Å². The number of hydrogen-bond donors (Lipinski definition) is 0. The lowest BCUT2D eigenvalue weighted by Crippen LogP contribution is -2.43. The number of aromatic nitrogens is 4. The van der Waals surface area contributed by atoms with Crippen molar-refractivity contribution in [2.75, 3.05) is 0 Å². The van der Waals surface area contributed by atoms with Gasteiger partial charge in [0.1, 0.15) is 4.75 Å². The molecule has 27 heavy (non-hydrogen) atoms. The summed E-state index contributed by atoms with van der Waals surface area (Å²) in [7, 11) is -2.16. The first-order valence-corrected chi connectivity index (χ1v) is 10.4. The molecule has 6 nitrogen and oxygen atoms in total. The summed E-state index contributed by atoms with van der Waals surface area (Å²) in [6.07, 6.45) is 9.66. The van der Waals surface area contributed by atoms with Crippen LogP contribution in [-0.2, 0) is 17.1 Å². The minimum absolute atomic E-state index is 0.201. The molecule has 3 heterocycles. The van der Waals surface area contributed by atoms with Gasteiger partial charge in [0.2, 0.25) is 10.0 Å². The number of halogens is 2. The molecule has 140 valence electrons. The molecule has 0 amide bonds. The lowest BCUT2D eigenvalue weighted by atomic mass is 9.84. The van der Waals surface area contributed by atoms with Gasteiger partial charge < -0.3 is 0 Å². The molecule has 0 saturated carbocycles. The molecule has 0 fully saturated rings. The largest absolute Gasteiger partial charge is 0.276 e. The molecule has 2 atom stereocenters. The van der Waals surface area contributed by atoms with Crippen molar-refractivity contribution in [2.24, 2.45) is 7.05 Å². The molecular weight excluding hydrogens is 407 g/mol. The summed E-state index contributed by atoms with van der Waals surface area (Å²) >= 11 is 12.5. The highest BCUT2D eigenvalue weighted by atomic mass is 35.5. The zero-order valence-electron chi connectivity index (χ0n) is 14.5. The number of pyridine rings is 1. The van der Waals surface area contributed by atoms with Crippen LogP contribution in [0.5, 0.6) is 0 Å². The molecule has 0 aromatic carbocycles. The second-order valence-corrected chi connectivity index (χ2v) is 9.69. The van der Waals surface area contributed by atoms with Gasteiger partial charge in [-0.15, -0.1) is 0 Å². The van der Waals surface area contributed by atoms with Gasteiger partial charge in [0, 0.05) is 36.9 Å². The standard InChI is InChI=1S/C18H16Cl2N4O2S/c1-18(27(25,26)24-7-5-12-4-3-6-21-17(12)24)9-16(20)15(19)8-14(18)13-10-22-23(2)11-13/h3-11,14H,1-2H3. The lowest BCUT2D eigenvalue weighted by molar-refractivity contribution is 0.535. The van der Waals surface area contributed by atoms with Crippen molar-refractivity contribution in [1.29, 1.82) is 0 Å². The Hall–Kier alpha value is -2.09. The van der Waals surface area contributed by atoms with E-state index in [0.29, 0.717) is 10.7 Å². The van der Waals surface area contributed by atoms with Crippen LogP contribution in [0.2, 0.25) is 0 Å². The van der Waals surface area contributed by atoms with Crippen molar-refractivity contribution in [3.05, 3.63) is 70.8 Å². The summed E-state index contributed by atoms with van der Waals surface area (Å²) in [4.78, 5) is 4.24. The predicted molar refractivity (Wildman–Crippen MR) is 106 cm³/mol. The number of nitrogens with zero attached hydrogens (tertiary/aromatic N) is 4. The highest BCUT2D eigenvalue weighted by molar-refractivity contribution is 7.91. The highest BCUT2D eigenvalue weighted by Crippen LogP contribution is 2.45. The zero-order chi connectivity index (χ0) is 19.4. The minimum Gasteiger partial charge on any atom is -0.276 e. The van der Waals surface area contributed by atoms with E-state index in [9.17, 15) is 8.42 Å². The van der Waals surface area contributed by atoms with Crippen LogP contribution in [-0.4, -0.2) is 31.9 Å². The summed E-state index contributed by atoms with van der Waals surface area (Å²) in [5, 5.41) is 5.43. The fourth-order valence-corrected chi connectivity index (χ4v) is 5.76. The molecule has 3 aromatic heterocycles. The molecule has 0 N–H and O–H groups in total. The maximum absolute atomic E-state index is 13.7. The van der Waals surface area contributed by atoms with Crippen LogP contribution in [0.1, 0.15) is 18.4 Å². The van der Waals surface area contributed by atoms with Gasteiger partial charge in [0.05, 0.1) is 16.3 Å². The average molecular weight is 423 g/mol. The number of fused-ring (bicyclic) bond motifs is 1. The number of aryl methyl sites for hydroxylation is 1. The van der Waals surface area contributed by atoms with E-state index in [-0.39, 0.29) is 5.03 Å². The molecule has 1 aliphatic carbocycles. The SMILES string of the molecule is Cn1cc(C2C=C(Cl)C(Cl)=CC2(C)S(=O)(=O)n2ccc3cccnc32)cn1. The van der Waals surface area contributed by atoms with E-state index < -0.39 is 20.7 Å². The molecule has 4 rings (SSSR count). The Labute approximate surface area is 166 Å². The first kappa shape index (κ1) is 18.3. The second kappa shape index (κ2) is 6.22. The van der Waals surface area contributed by atoms with E-state index in [1.54, 1.807) is 55.5 Å². The number of rotatable bonds is 3. The molecule has 0 saturated heterocycles. The van der Waals surface area contributed by atoms with Gasteiger partial charge in [0.25, 0.3) is 0 Å². The van der Waals surface area contributed by atoms with Crippen LogP contribution in [0, 0.1) is 0 Å². The van der Waals surface area contributed by atoms with Crippen molar-refractivity contribution < 1.29 is 8.42 Å². The number of hydrogen-bond acceptors (Lipinski definition) is 4. The summed E-state index contributed by atoms with van der Waals surface area (Å²) in [6.45, 7) is 1.64. The van der Waals surface area contributed by atoms with Crippen molar-refractivity contribution in [2.45, 2.75) is 17.6 Å². The Morgan fingerprint density at radius 1 is 1.22 bits per heavy atom. The maximum atomic E-state index is 13.7. The Bertz CT molecular complexity index is 1210. The van der Waals surface area contributed by atoms with E-state index in [2.05, 4.69) is 10.1 Å². The molecule has 0 aliphatic heterocycles. The van der Waals surface area contributed by atoms with Gasteiger partial charge in [0.15, 0.2) is 5.65 Å². The van der Waals surface area contributed by atoms with Crippen molar-refractivity contribution >= 4 is 44.3 Å². The van der Waals surface area contributed by atoms with Crippen LogP contribution < -0.4 is 0 Å². The van der Waals surface area contributed by atoms with Crippen LogP contribution in [0.15, 0.2) is 65.2 Å². The summed E-state index contributed by atoms with van der Waals surface area (Å²) in [5.41, 5.74) is 1.10. The first-order valence-electron chi connectivity index (χ1n) is 8.16. The number of allylic oxidation sites excluding steroid dienone is 3. The summed E-state index contributed by atoms with van der Waals surface area (Å²) in [6, 6.07) is 5.30. The fourth-order valence-electron chi connectivity index (χ4n) is 3.41. The third-order valence-electron chi connectivity index (χ3n) is 4.89. The molecule has 0 radical (unpaired) electrons. The third-order valence-corrected chi connectivity index (χ3v) is 7.92. The Morgan fingerprint density at radius 3 is 2.70 bits per heavy atom. The highest BCUT2D eigenvalue weighted by Gasteiger charge is 2.48. The van der Waals surface area contributed by atoms with E-state index >= 15 is 0 Å². The summed E-state index contributed by atoms with van der Waals surface area (Å²) < 4.78 is 28.9. The van der Waals surface area contributed by atoms with E-state index in [0.717, 1.165) is 10.9 Å². The second-order valence-electron chi connectivity index (χ2n) is 6.65. The van der Waals surface area contributed by atoms with Crippen molar-refractivity contribution in [1.82, 2.24) is 18.7 Å². The molecule has 2 unspecified atom stereocenters. The smallest absolute Gasteiger partial charge is 0.250 e. The Morgan fingerprint density at radius 2 is 2.00 bits per heavy atom. The van der Waals surface area contributed by atoms with Gasteiger partial charge in [-0.05, 0) is 36.8 Å². The lowest BCUT2D eigenvalue weighted by Gasteiger charge is -2.35. The first-order chi connectivity index (χ1) is 12.7. The monoisotopic (exact) mass is 422 g/mol. The molecular formula is C18H16Cl2N4O2S. The minimum atomic E-state index is -3.94. The molecule has 9 heteroatoms. The van der Waals surface area contributed by atoms with Crippen LogP contribution in [0.4, 0.5) is 0 Å². The van der Waals surface area contributed by atoms with Gasteiger partial charge in [-0.25, -0.2) is 17.4 Å². The quantitative estimate of drug-likeness (QED) is 0.644. The maximum Gasteiger partial charge on any atom is 0.250 e.